The van der Waals surface area contributed by atoms with Gasteiger partial charge in [0.1, 0.15) is 11.3 Å². The number of rotatable bonds is 5. The molecule has 1 heterocycles. The lowest BCUT2D eigenvalue weighted by molar-refractivity contribution is 0.817. The molecule has 0 atom stereocenters. The van der Waals surface area contributed by atoms with Crippen molar-refractivity contribution in [2.45, 2.75) is 6.54 Å². The highest BCUT2D eigenvalue weighted by Gasteiger charge is 2.11. The molecule has 0 fully saturated rings. The van der Waals surface area contributed by atoms with E-state index in [2.05, 4.69) is 42.9 Å². The Hall–Kier alpha value is -1.13. The molecule has 0 spiro atoms. The molecular formula is C13H13BrClN3. The molecule has 2 rings (SSSR count). The van der Waals surface area contributed by atoms with Crippen LogP contribution >= 0.6 is 27.5 Å². The second-order valence-corrected chi connectivity index (χ2v) is 4.99. The highest BCUT2D eigenvalue weighted by Crippen LogP contribution is 2.23. The van der Waals surface area contributed by atoms with Gasteiger partial charge >= 0.3 is 0 Å². The average Bonchev–Trinajstić information content (AvgIpc) is 2.40. The number of hydrogen-bond donors (Lipinski definition) is 0. The normalized spacial score (nSPS) is 10.3. The highest BCUT2D eigenvalue weighted by atomic mass is 79.9. The smallest absolute Gasteiger partial charge is 0.151 e. The van der Waals surface area contributed by atoms with Crippen molar-refractivity contribution in [1.29, 1.82) is 0 Å². The van der Waals surface area contributed by atoms with Crippen molar-refractivity contribution in [3.63, 3.8) is 0 Å². The van der Waals surface area contributed by atoms with Crippen LogP contribution in [-0.2, 0) is 6.54 Å². The third-order valence-corrected chi connectivity index (χ3v) is 3.14. The van der Waals surface area contributed by atoms with E-state index in [0.717, 1.165) is 24.2 Å². The molecule has 1 aromatic heterocycles. The third-order valence-electron chi connectivity index (χ3n) is 2.52. The van der Waals surface area contributed by atoms with Crippen LogP contribution in [0.15, 0.2) is 42.9 Å². The Morgan fingerprint density at radius 2 is 2.00 bits per heavy atom. The van der Waals surface area contributed by atoms with Crippen molar-refractivity contribution >= 4 is 33.3 Å². The van der Waals surface area contributed by atoms with Crippen LogP contribution in [0.4, 0.5) is 5.82 Å². The summed E-state index contributed by atoms with van der Waals surface area (Å²) < 4.78 is 0. The third kappa shape index (κ3) is 3.43. The molecule has 0 bridgehead atoms. The predicted molar refractivity (Wildman–Crippen MR) is 78.3 cm³/mol. The van der Waals surface area contributed by atoms with Gasteiger partial charge in [-0.2, -0.15) is 0 Å². The van der Waals surface area contributed by atoms with Crippen molar-refractivity contribution in [1.82, 2.24) is 9.97 Å². The molecule has 94 valence electrons. The number of alkyl halides is 1. The first-order valence-electron chi connectivity index (χ1n) is 5.61. The Kier molecular flexibility index (Phi) is 4.96. The van der Waals surface area contributed by atoms with E-state index in [-0.39, 0.29) is 0 Å². The minimum atomic E-state index is 0.578. The molecule has 0 aliphatic rings. The maximum Gasteiger partial charge on any atom is 0.151 e. The first-order valence-corrected chi connectivity index (χ1v) is 7.11. The number of hydrogen-bond acceptors (Lipinski definition) is 3. The van der Waals surface area contributed by atoms with Gasteiger partial charge in [-0.05, 0) is 5.56 Å². The molecule has 0 unspecified atom stereocenters. The topological polar surface area (TPSA) is 29.0 Å². The Balaban J connectivity index is 2.21. The summed E-state index contributed by atoms with van der Waals surface area (Å²) in [6, 6.07) is 10.3. The molecule has 0 N–H and O–H groups in total. The van der Waals surface area contributed by atoms with Crippen molar-refractivity contribution in [2.75, 3.05) is 16.8 Å². The lowest BCUT2D eigenvalue weighted by Gasteiger charge is -2.23. The van der Waals surface area contributed by atoms with Crippen LogP contribution < -0.4 is 4.90 Å². The predicted octanol–water partition coefficient (Wildman–Crippen LogP) is 3.53. The van der Waals surface area contributed by atoms with E-state index in [1.165, 1.54) is 11.9 Å². The molecule has 0 radical (unpaired) electrons. The van der Waals surface area contributed by atoms with Crippen LogP contribution in [0.3, 0.4) is 0 Å². The number of halogens is 2. The van der Waals surface area contributed by atoms with Gasteiger partial charge < -0.3 is 4.90 Å². The standard InChI is InChI=1S/C13H13BrClN3/c14-6-7-18(9-11-4-2-1-3-5-11)13-12(15)8-16-10-17-13/h1-5,8,10H,6-7,9H2. The van der Waals surface area contributed by atoms with E-state index in [9.17, 15) is 0 Å². The van der Waals surface area contributed by atoms with E-state index in [1.54, 1.807) is 6.20 Å². The van der Waals surface area contributed by atoms with E-state index in [4.69, 9.17) is 11.6 Å². The average molecular weight is 327 g/mol. The fourth-order valence-electron chi connectivity index (χ4n) is 1.70. The molecular weight excluding hydrogens is 314 g/mol. The molecule has 1 aromatic carbocycles. The number of aromatic nitrogens is 2. The van der Waals surface area contributed by atoms with Gasteiger partial charge in [0, 0.05) is 18.4 Å². The summed E-state index contributed by atoms with van der Waals surface area (Å²) in [6.07, 6.45) is 3.14. The van der Waals surface area contributed by atoms with Gasteiger partial charge in [0.05, 0.1) is 6.20 Å². The number of benzene rings is 1. The molecule has 0 saturated carbocycles. The van der Waals surface area contributed by atoms with Crippen molar-refractivity contribution in [3.05, 3.63) is 53.4 Å². The lowest BCUT2D eigenvalue weighted by Crippen LogP contribution is -2.26. The first kappa shape index (κ1) is 13.3. The zero-order valence-electron chi connectivity index (χ0n) is 9.76. The molecule has 3 nitrogen and oxygen atoms in total. The van der Waals surface area contributed by atoms with Crippen molar-refractivity contribution in [2.24, 2.45) is 0 Å². The van der Waals surface area contributed by atoms with Crippen molar-refractivity contribution < 1.29 is 0 Å². The van der Waals surface area contributed by atoms with E-state index in [0.29, 0.717) is 5.02 Å². The van der Waals surface area contributed by atoms with Crippen LogP contribution in [0.25, 0.3) is 0 Å². The molecule has 5 heteroatoms. The van der Waals surface area contributed by atoms with Crippen LogP contribution in [0, 0.1) is 0 Å². The Bertz CT molecular complexity index is 493. The van der Waals surface area contributed by atoms with E-state index < -0.39 is 0 Å². The van der Waals surface area contributed by atoms with Crippen LogP contribution in [0.5, 0.6) is 0 Å². The first-order chi connectivity index (χ1) is 8.81. The number of nitrogens with zero attached hydrogens (tertiary/aromatic N) is 3. The second-order valence-electron chi connectivity index (χ2n) is 3.79. The highest BCUT2D eigenvalue weighted by molar-refractivity contribution is 9.09. The van der Waals surface area contributed by atoms with E-state index >= 15 is 0 Å². The van der Waals surface area contributed by atoms with Crippen molar-refractivity contribution in [3.8, 4) is 0 Å². The van der Waals surface area contributed by atoms with Crippen LogP contribution in [0.1, 0.15) is 5.56 Å². The monoisotopic (exact) mass is 325 g/mol. The zero-order chi connectivity index (χ0) is 12.8. The Morgan fingerprint density at radius 3 is 2.67 bits per heavy atom. The van der Waals surface area contributed by atoms with Gasteiger partial charge in [-0.3, -0.25) is 0 Å². The summed E-state index contributed by atoms with van der Waals surface area (Å²) in [5.74, 6) is 0.773. The molecule has 18 heavy (non-hydrogen) atoms. The maximum absolute atomic E-state index is 6.14. The minimum absolute atomic E-state index is 0.578. The number of anilines is 1. The summed E-state index contributed by atoms with van der Waals surface area (Å²) >= 11 is 9.60. The van der Waals surface area contributed by atoms with E-state index in [1.807, 2.05) is 18.2 Å². The summed E-state index contributed by atoms with van der Waals surface area (Å²) in [5, 5.41) is 1.44. The summed E-state index contributed by atoms with van der Waals surface area (Å²) in [5.41, 5.74) is 1.23. The van der Waals surface area contributed by atoms with Gasteiger partial charge in [-0.15, -0.1) is 0 Å². The molecule has 0 aliphatic heterocycles. The van der Waals surface area contributed by atoms with Gasteiger partial charge in [-0.1, -0.05) is 57.9 Å². The van der Waals surface area contributed by atoms with Crippen LogP contribution in [-0.4, -0.2) is 21.8 Å². The molecule has 0 saturated heterocycles. The minimum Gasteiger partial charge on any atom is -0.350 e. The largest absolute Gasteiger partial charge is 0.350 e. The summed E-state index contributed by atoms with van der Waals surface area (Å²) in [7, 11) is 0. The molecule has 0 amide bonds. The van der Waals surface area contributed by atoms with Gasteiger partial charge in [-0.25, -0.2) is 9.97 Å². The molecule has 0 aliphatic carbocycles. The fraction of sp³-hybridized carbons (Fsp3) is 0.231. The second kappa shape index (κ2) is 6.71. The maximum atomic E-state index is 6.14. The Labute approximate surface area is 120 Å². The quantitative estimate of drug-likeness (QED) is 0.787. The lowest BCUT2D eigenvalue weighted by atomic mass is 10.2. The fourth-order valence-corrected chi connectivity index (χ4v) is 2.36. The zero-order valence-corrected chi connectivity index (χ0v) is 12.1. The summed E-state index contributed by atoms with van der Waals surface area (Å²) in [4.78, 5) is 10.3. The summed E-state index contributed by atoms with van der Waals surface area (Å²) in [6.45, 7) is 1.62. The molecule has 2 aromatic rings. The van der Waals surface area contributed by atoms with Gasteiger partial charge in [0.25, 0.3) is 0 Å². The SMILES string of the molecule is Clc1cncnc1N(CCBr)Cc1ccccc1. The van der Waals surface area contributed by atoms with Gasteiger partial charge in [0.15, 0.2) is 5.82 Å². The van der Waals surface area contributed by atoms with Gasteiger partial charge in [0.2, 0.25) is 0 Å². The Morgan fingerprint density at radius 1 is 1.22 bits per heavy atom. The van der Waals surface area contributed by atoms with Crippen LogP contribution in [0.2, 0.25) is 5.02 Å².